The van der Waals surface area contributed by atoms with Crippen molar-refractivity contribution in [3.8, 4) is 0 Å². The maximum atomic E-state index is 14.1. The molecule has 0 heterocycles. The summed E-state index contributed by atoms with van der Waals surface area (Å²) in [5.41, 5.74) is 19.2. The monoisotopic (exact) mass is 775 g/mol. The van der Waals surface area contributed by atoms with Crippen LogP contribution >= 0.6 is 11.6 Å². The number of carbonyl (C=O) groups excluding carboxylic acids is 3. The fourth-order valence-electron chi connectivity index (χ4n) is 6.37. The first-order chi connectivity index (χ1) is 25.8. The third-order valence-electron chi connectivity index (χ3n) is 9.13. The van der Waals surface area contributed by atoms with Gasteiger partial charge >= 0.3 is 0 Å². The zero-order valence-electron chi connectivity index (χ0n) is 30.4. The normalized spacial score (nSPS) is 13.7. The molecule has 4 aromatic carbocycles. The summed E-state index contributed by atoms with van der Waals surface area (Å²) in [7, 11) is -4.12. The number of benzene rings is 4. The van der Waals surface area contributed by atoms with E-state index in [0.717, 1.165) is 27.5 Å². The van der Waals surface area contributed by atoms with Crippen molar-refractivity contribution >= 4 is 56.1 Å². The van der Waals surface area contributed by atoms with Crippen LogP contribution in [0.25, 0.3) is 10.8 Å². The van der Waals surface area contributed by atoms with E-state index in [0.29, 0.717) is 30.8 Å². The number of unbranched alkanes of at least 4 members (excludes halogenated alkanes) is 1. The Labute approximate surface area is 322 Å². The Balaban J connectivity index is 1.55. The number of nitrogens with two attached hydrogens (primary N) is 3. The maximum Gasteiger partial charge on any atom is 0.243 e. The van der Waals surface area contributed by atoms with Gasteiger partial charge in [-0.15, -0.1) is 0 Å². The van der Waals surface area contributed by atoms with Gasteiger partial charge in [0.1, 0.15) is 12.1 Å². The topological polar surface area (TPSA) is 212 Å². The van der Waals surface area contributed by atoms with E-state index in [1.807, 2.05) is 72.8 Å². The Morgan fingerprint density at radius 1 is 0.704 bits per heavy atom. The molecular weight excluding hydrogens is 726 g/mol. The van der Waals surface area contributed by atoms with Crippen LogP contribution in [0.2, 0.25) is 5.02 Å². The molecular formula is C40H50ClN7O5S. The SMILES string of the molecule is CC(=O)N[C@@H](Cc1ccc(Cl)cc1)C(=O)N[C@@H](CC[C@@H](CCCCN=C(N)N)S(=O)(=O)N[C@@H](Cc1ccc2ccccc2c1)C(N)=O)Cc1ccccc1. The van der Waals surface area contributed by atoms with Crippen LogP contribution in [0.5, 0.6) is 0 Å². The average molecular weight is 776 g/mol. The molecule has 0 aromatic heterocycles. The van der Waals surface area contributed by atoms with Crippen LogP contribution in [-0.2, 0) is 43.7 Å². The van der Waals surface area contributed by atoms with Gasteiger partial charge in [-0.3, -0.25) is 19.4 Å². The number of amides is 3. The summed E-state index contributed by atoms with van der Waals surface area (Å²) in [5, 5.41) is 7.42. The number of fused-ring (bicyclic) bond motifs is 1. The number of sulfonamides is 1. The van der Waals surface area contributed by atoms with Gasteiger partial charge in [-0.2, -0.15) is 0 Å². The maximum absolute atomic E-state index is 14.1. The molecule has 0 fully saturated rings. The van der Waals surface area contributed by atoms with E-state index in [9.17, 15) is 22.8 Å². The first-order valence-corrected chi connectivity index (χ1v) is 19.9. The highest BCUT2D eigenvalue weighted by molar-refractivity contribution is 7.90. The number of halogens is 1. The number of nitrogens with zero attached hydrogens (tertiary/aromatic N) is 1. The smallest absolute Gasteiger partial charge is 0.243 e. The first kappa shape index (κ1) is 41.8. The summed E-state index contributed by atoms with van der Waals surface area (Å²) >= 11 is 6.06. The number of rotatable bonds is 21. The van der Waals surface area contributed by atoms with Crippen molar-refractivity contribution in [1.82, 2.24) is 15.4 Å². The second-order valence-corrected chi connectivity index (χ2v) is 15.9. The van der Waals surface area contributed by atoms with Gasteiger partial charge in [0.05, 0.1) is 5.25 Å². The fourth-order valence-corrected chi connectivity index (χ4v) is 8.20. The van der Waals surface area contributed by atoms with Crippen LogP contribution in [0.4, 0.5) is 0 Å². The lowest BCUT2D eigenvalue weighted by atomic mass is 9.98. The predicted molar refractivity (Wildman–Crippen MR) is 215 cm³/mol. The molecule has 0 bridgehead atoms. The second kappa shape index (κ2) is 20.5. The standard InChI is InChI=1S/C40H50ClN7O5S/c1-27(49)46-37(25-29-15-18-33(41)19-16-29)39(51)47-34(24-28-9-3-2-4-10-28)20-21-35(13-7-8-22-45-40(43)44)54(52,53)48-36(38(42)50)26-30-14-17-31-11-5-6-12-32(31)23-30/h2-6,9-12,14-19,23,34-37,48H,7-8,13,20-22,24-26H2,1H3,(H2,42,50)(H,46,49)(H,47,51)(H4,43,44,45)/t34-,35+,36-,37-/m0/s1. The fraction of sp³-hybridized carbons (Fsp3) is 0.350. The molecule has 288 valence electrons. The molecule has 9 N–H and O–H groups in total. The molecule has 0 saturated heterocycles. The van der Waals surface area contributed by atoms with Gasteiger partial charge in [0.2, 0.25) is 27.7 Å². The van der Waals surface area contributed by atoms with E-state index >= 15 is 0 Å². The van der Waals surface area contributed by atoms with Crippen molar-refractivity contribution < 1.29 is 22.8 Å². The third kappa shape index (κ3) is 13.8. The molecule has 4 atom stereocenters. The van der Waals surface area contributed by atoms with Crippen LogP contribution in [0.15, 0.2) is 102 Å². The molecule has 0 aliphatic carbocycles. The van der Waals surface area contributed by atoms with Crippen molar-refractivity contribution in [2.75, 3.05) is 6.54 Å². The van der Waals surface area contributed by atoms with Crippen LogP contribution in [0.3, 0.4) is 0 Å². The van der Waals surface area contributed by atoms with Gasteiger partial charge in [0.15, 0.2) is 5.96 Å². The molecule has 12 nitrogen and oxygen atoms in total. The first-order valence-electron chi connectivity index (χ1n) is 18.0. The highest BCUT2D eigenvalue weighted by Gasteiger charge is 2.32. The summed E-state index contributed by atoms with van der Waals surface area (Å²) in [6, 6.07) is 27.4. The van der Waals surface area contributed by atoms with Crippen LogP contribution in [0.1, 0.15) is 55.7 Å². The predicted octanol–water partition coefficient (Wildman–Crippen LogP) is 3.88. The summed E-state index contributed by atoms with van der Waals surface area (Å²) in [5.74, 6) is -1.61. The number of guanidine groups is 1. The lowest BCUT2D eigenvalue weighted by molar-refractivity contribution is -0.128. The minimum absolute atomic E-state index is 0.0491. The number of carbonyl (C=O) groups is 3. The van der Waals surface area contributed by atoms with Crippen molar-refractivity contribution in [3.05, 3.63) is 119 Å². The van der Waals surface area contributed by atoms with Crippen LogP contribution in [-0.4, -0.2) is 62.0 Å². The van der Waals surface area contributed by atoms with Crippen LogP contribution < -0.4 is 32.6 Å². The summed E-state index contributed by atoms with van der Waals surface area (Å²) in [6.45, 7) is 1.68. The Bertz CT molecular complexity index is 1990. The molecule has 4 rings (SSSR count). The number of nitrogens with one attached hydrogen (secondary N) is 3. The molecule has 0 aliphatic rings. The summed E-state index contributed by atoms with van der Waals surface area (Å²) in [4.78, 5) is 42.7. The molecule has 0 aliphatic heterocycles. The number of primary amides is 1. The molecule has 0 unspecified atom stereocenters. The lowest BCUT2D eigenvalue weighted by Gasteiger charge is -2.26. The van der Waals surface area contributed by atoms with E-state index in [1.165, 1.54) is 6.92 Å². The van der Waals surface area contributed by atoms with Crippen molar-refractivity contribution in [3.63, 3.8) is 0 Å². The van der Waals surface area contributed by atoms with Gasteiger partial charge in [0.25, 0.3) is 0 Å². The Hall–Kier alpha value is -4.98. The van der Waals surface area contributed by atoms with E-state index in [-0.39, 0.29) is 44.0 Å². The van der Waals surface area contributed by atoms with E-state index in [4.69, 9.17) is 28.8 Å². The molecule has 4 aromatic rings. The Morgan fingerprint density at radius 3 is 2.00 bits per heavy atom. The highest BCUT2D eigenvalue weighted by Crippen LogP contribution is 2.21. The van der Waals surface area contributed by atoms with Gasteiger partial charge < -0.3 is 27.8 Å². The number of hydrogen-bond acceptors (Lipinski definition) is 6. The minimum Gasteiger partial charge on any atom is -0.370 e. The average Bonchev–Trinajstić information content (AvgIpc) is 3.12. The van der Waals surface area contributed by atoms with Crippen molar-refractivity contribution in [2.24, 2.45) is 22.2 Å². The third-order valence-corrected chi connectivity index (χ3v) is 11.3. The zero-order valence-corrected chi connectivity index (χ0v) is 32.0. The largest absolute Gasteiger partial charge is 0.370 e. The zero-order chi connectivity index (χ0) is 39.1. The van der Waals surface area contributed by atoms with Crippen molar-refractivity contribution in [2.45, 2.75) is 81.7 Å². The quantitative estimate of drug-likeness (QED) is 0.0417. The molecule has 0 radical (unpaired) electrons. The van der Waals surface area contributed by atoms with Gasteiger partial charge in [-0.25, -0.2) is 13.1 Å². The van der Waals surface area contributed by atoms with E-state index in [1.54, 1.807) is 24.3 Å². The van der Waals surface area contributed by atoms with Gasteiger partial charge in [-0.1, -0.05) is 103 Å². The van der Waals surface area contributed by atoms with E-state index < -0.39 is 45.2 Å². The highest BCUT2D eigenvalue weighted by atomic mass is 35.5. The lowest BCUT2D eigenvalue weighted by Crippen LogP contribution is -2.51. The summed E-state index contributed by atoms with van der Waals surface area (Å²) in [6.07, 6.45) is 2.40. The Morgan fingerprint density at radius 2 is 1.33 bits per heavy atom. The Kier molecular flexibility index (Phi) is 15.8. The molecule has 0 spiro atoms. The molecule has 14 heteroatoms. The number of aliphatic imine (C=N–C) groups is 1. The second-order valence-electron chi connectivity index (χ2n) is 13.5. The minimum atomic E-state index is -4.12. The van der Waals surface area contributed by atoms with Crippen molar-refractivity contribution in [1.29, 1.82) is 0 Å². The van der Waals surface area contributed by atoms with E-state index in [2.05, 4.69) is 20.3 Å². The number of hydrogen-bond donors (Lipinski definition) is 6. The molecule has 0 saturated carbocycles. The van der Waals surface area contributed by atoms with Crippen LogP contribution in [0, 0.1) is 0 Å². The van der Waals surface area contributed by atoms with Gasteiger partial charge in [-0.05, 0) is 78.1 Å². The molecule has 3 amide bonds. The molecule has 54 heavy (non-hydrogen) atoms. The summed E-state index contributed by atoms with van der Waals surface area (Å²) < 4.78 is 30.9. The van der Waals surface area contributed by atoms with Gasteiger partial charge in [0, 0.05) is 31.0 Å².